The predicted molar refractivity (Wildman–Crippen MR) is 89.7 cm³/mol. The molecule has 1 aromatic heterocycles. The van der Waals surface area contributed by atoms with Crippen LogP contribution >= 0.6 is 23.8 Å². The summed E-state index contributed by atoms with van der Waals surface area (Å²) in [6.45, 7) is 0. The number of rotatable bonds is 1. The van der Waals surface area contributed by atoms with Gasteiger partial charge in [-0.25, -0.2) is 0 Å². The van der Waals surface area contributed by atoms with Crippen LogP contribution in [0.15, 0.2) is 42.5 Å². The van der Waals surface area contributed by atoms with Crippen LogP contribution in [0.3, 0.4) is 0 Å². The summed E-state index contributed by atoms with van der Waals surface area (Å²) in [5, 5.41) is 0.753. The molecule has 1 aliphatic carbocycles. The molecule has 3 aromatic rings. The highest BCUT2D eigenvalue weighted by molar-refractivity contribution is 7.71. The molecule has 0 saturated carbocycles. The third-order valence-corrected chi connectivity index (χ3v) is 4.94. The van der Waals surface area contributed by atoms with Gasteiger partial charge in [-0.05, 0) is 54.7 Å². The van der Waals surface area contributed by atoms with E-state index in [1.54, 1.807) is 0 Å². The average Bonchev–Trinajstić information content (AvgIpc) is 2.84. The van der Waals surface area contributed by atoms with E-state index in [9.17, 15) is 0 Å². The fraction of sp³-hybridized carbons (Fsp3) is 0.235. The molecule has 0 fully saturated rings. The number of benzene rings is 2. The normalized spacial score (nSPS) is 17.9. The van der Waals surface area contributed by atoms with Crippen LogP contribution in [-0.2, 0) is 6.42 Å². The van der Waals surface area contributed by atoms with Gasteiger partial charge in [0.2, 0.25) is 0 Å². The first-order chi connectivity index (χ1) is 10.3. The number of hydrogen-bond acceptors (Lipinski definition) is 1. The lowest BCUT2D eigenvalue weighted by atomic mass is 9.87. The fourth-order valence-electron chi connectivity index (χ4n) is 3.43. The molecule has 1 aliphatic rings. The number of imidazole rings is 1. The summed E-state index contributed by atoms with van der Waals surface area (Å²) in [6.07, 6.45) is 3.43. The summed E-state index contributed by atoms with van der Waals surface area (Å²) in [5.41, 5.74) is 4.83. The zero-order valence-electron chi connectivity index (χ0n) is 11.5. The second-order valence-corrected chi connectivity index (χ2v) is 6.34. The van der Waals surface area contributed by atoms with Crippen LogP contribution in [0.5, 0.6) is 0 Å². The molecule has 21 heavy (non-hydrogen) atoms. The first kappa shape index (κ1) is 13.1. The molecule has 0 bridgehead atoms. The molecular weight excluding hydrogens is 300 g/mol. The Morgan fingerprint density at radius 3 is 2.90 bits per heavy atom. The smallest absolute Gasteiger partial charge is 0.178 e. The van der Waals surface area contributed by atoms with Gasteiger partial charge in [0, 0.05) is 0 Å². The van der Waals surface area contributed by atoms with Crippen molar-refractivity contribution < 1.29 is 0 Å². The lowest BCUT2D eigenvalue weighted by Gasteiger charge is -2.27. The molecule has 2 nitrogen and oxygen atoms in total. The van der Waals surface area contributed by atoms with E-state index in [1.165, 1.54) is 17.5 Å². The fourth-order valence-corrected chi connectivity index (χ4v) is 4.03. The van der Waals surface area contributed by atoms with E-state index in [2.05, 4.69) is 33.8 Å². The van der Waals surface area contributed by atoms with Crippen LogP contribution in [0.25, 0.3) is 11.0 Å². The van der Waals surface area contributed by atoms with Gasteiger partial charge in [0.15, 0.2) is 4.77 Å². The van der Waals surface area contributed by atoms with Crippen LogP contribution in [-0.4, -0.2) is 9.55 Å². The van der Waals surface area contributed by atoms with Crippen molar-refractivity contribution in [2.75, 3.05) is 0 Å². The molecule has 0 radical (unpaired) electrons. The van der Waals surface area contributed by atoms with Crippen molar-refractivity contribution >= 4 is 34.9 Å². The monoisotopic (exact) mass is 314 g/mol. The molecular formula is C17H15ClN2S. The number of aromatic nitrogens is 2. The Labute approximate surface area is 133 Å². The summed E-state index contributed by atoms with van der Waals surface area (Å²) >= 11 is 12.0. The van der Waals surface area contributed by atoms with Crippen LogP contribution in [0, 0.1) is 4.77 Å². The van der Waals surface area contributed by atoms with Gasteiger partial charge in [-0.15, -0.1) is 0 Å². The Balaban J connectivity index is 2.00. The zero-order valence-corrected chi connectivity index (χ0v) is 13.0. The van der Waals surface area contributed by atoms with Gasteiger partial charge in [-0.2, -0.15) is 0 Å². The van der Waals surface area contributed by atoms with Gasteiger partial charge in [0.25, 0.3) is 0 Å². The third-order valence-electron chi connectivity index (χ3n) is 4.34. The van der Waals surface area contributed by atoms with E-state index in [0.717, 1.165) is 33.7 Å². The average molecular weight is 315 g/mol. The Morgan fingerprint density at radius 2 is 2.00 bits per heavy atom. The quantitative estimate of drug-likeness (QED) is 0.606. The number of hydrogen-bond donors (Lipinski definition) is 1. The maximum absolute atomic E-state index is 6.43. The van der Waals surface area contributed by atoms with Crippen LogP contribution in [0.1, 0.15) is 30.0 Å². The molecule has 106 valence electrons. The van der Waals surface area contributed by atoms with E-state index in [1.807, 2.05) is 18.2 Å². The van der Waals surface area contributed by atoms with E-state index >= 15 is 0 Å². The van der Waals surface area contributed by atoms with Gasteiger partial charge in [-0.1, -0.05) is 41.9 Å². The molecule has 4 rings (SSSR count). The van der Waals surface area contributed by atoms with Gasteiger partial charge >= 0.3 is 0 Å². The molecule has 4 heteroatoms. The minimum atomic E-state index is 0.274. The summed E-state index contributed by atoms with van der Waals surface area (Å²) in [7, 11) is 0. The third kappa shape index (κ3) is 2.03. The van der Waals surface area contributed by atoms with E-state index < -0.39 is 0 Å². The van der Waals surface area contributed by atoms with Crippen LogP contribution < -0.4 is 0 Å². The molecule has 0 saturated heterocycles. The van der Waals surface area contributed by atoms with Gasteiger partial charge in [0.05, 0.1) is 22.1 Å². The van der Waals surface area contributed by atoms with Crippen molar-refractivity contribution in [1.82, 2.24) is 9.55 Å². The number of halogens is 1. The van der Waals surface area contributed by atoms with Crippen molar-refractivity contribution in [3.8, 4) is 0 Å². The van der Waals surface area contributed by atoms with Crippen LogP contribution in [0.2, 0.25) is 5.02 Å². The summed E-state index contributed by atoms with van der Waals surface area (Å²) < 4.78 is 2.95. The molecule has 1 atom stereocenters. The van der Waals surface area contributed by atoms with Gasteiger partial charge < -0.3 is 9.55 Å². The first-order valence-corrected chi connectivity index (χ1v) is 8.01. The summed E-state index contributed by atoms with van der Waals surface area (Å²) in [6, 6.07) is 14.9. The number of aryl methyl sites for hydroxylation is 1. The Morgan fingerprint density at radius 1 is 1.14 bits per heavy atom. The van der Waals surface area contributed by atoms with Crippen molar-refractivity contribution in [3.05, 3.63) is 63.4 Å². The molecule has 1 heterocycles. The number of H-pyrrole nitrogens is 1. The molecule has 0 amide bonds. The minimum Gasteiger partial charge on any atom is -0.331 e. The predicted octanol–water partition coefficient (Wildman–Crippen LogP) is 5.28. The maximum Gasteiger partial charge on any atom is 0.178 e. The minimum absolute atomic E-state index is 0.274. The molecule has 2 aromatic carbocycles. The number of fused-ring (bicyclic) bond motifs is 2. The molecule has 1 unspecified atom stereocenters. The topological polar surface area (TPSA) is 20.7 Å². The lowest BCUT2D eigenvalue weighted by Crippen LogP contribution is -2.17. The number of aromatic amines is 1. The largest absolute Gasteiger partial charge is 0.331 e. The summed E-state index contributed by atoms with van der Waals surface area (Å²) in [4.78, 5) is 3.29. The Hall–Kier alpha value is -1.58. The first-order valence-electron chi connectivity index (χ1n) is 7.22. The highest BCUT2D eigenvalue weighted by Crippen LogP contribution is 2.36. The van der Waals surface area contributed by atoms with Crippen molar-refractivity contribution in [2.24, 2.45) is 0 Å². The van der Waals surface area contributed by atoms with Crippen molar-refractivity contribution in [3.63, 3.8) is 0 Å². The number of nitrogens with one attached hydrogen (secondary N) is 1. The second kappa shape index (κ2) is 5.00. The van der Waals surface area contributed by atoms with Crippen LogP contribution in [0.4, 0.5) is 0 Å². The second-order valence-electron chi connectivity index (χ2n) is 5.54. The van der Waals surface area contributed by atoms with E-state index in [4.69, 9.17) is 23.8 Å². The van der Waals surface area contributed by atoms with Crippen molar-refractivity contribution in [1.29, 1.82) is 0 Å². The van der Waals surface area contributed by atoms with E-state index in [-0.39, 0.29) is 6.04 Å². The highest BCUT2D eigenvalue weighted by atomic mass is 35.5. The standard InChI is InChI=1S/C17H15ClN2S/c18-13-8-4-9-14-16(13)20(17(21)19-14)15-10-3-6-11-5-1-2-7-12(11)15/h1-2,4-5,7-9,15H,3,6,10H2,(H,19,21). The number of nitrogens with zero attached hydrogens (tertiary/aromatic N) is 1. The van der Waals surface area contributed by atoms with Crippen molar-refractivity contribution in [2.45, 2.75) is 25.3 Å². The maximum atomic E-state index is 6.43. The zero-order chi connectivity index (χ0) is 14.4. The molecule has 0 aliphatic heterocycles. The molecule has 1 N–H and O–H groups in total. The molecule has 0 spiro atoms. The van der Waals surface area contributed by atoms with Gasteiger partial charge in [-0.3, -0.25) is 0 Å². The Bertz CT molecular complexity index is 878. The Kier molecular flexibility index (Phi) is 3.12. The summed E-state index contributed by atoms with van der Waals surface area (Å²) in [5.74, 6) is 0. The SMILES string of the molecule is S=c1[nH]c2cccc(Cl)c2n1C1CCCc2ccccc21. The van der Waals surface area contributed by atoms with E-state index in [0.29, 0.717) is 0 Å². The lowest BCUT2D eigenvalue weighted by molar-refractivity contribution is 0.495. The highest BCUT2D eigenvalue weighted by Gasteiger charge is 2.24. The van der Waals surface area contributed by atoms with Gasteiger partial charge in [0.1, 0.15) is 0 Å². The number of para-hydroxylation sites is 1.